The lowest BCUT2D eigenvalue weighted by Crippen LogP contribution is -1.89. The summed E-state index contributed by atoms with van der Waals surface area (Å²) in [7, 11) is -2.23. The van der Waals surface area contributed by atoms with Gasteiger partial charge in [-0.05, 0) is 41.3 Å². The third-order valence-electron chi connectivity index (χ3n) is 3.11. The summed E-state index contributed by atoms with van der Waals surface area (Å²) in [4.78, 5) is 11.3. The van der Waals surface area contributed by atoms with Crippen molar-refractivity contribution in [1.29, 1.82) is 0 Å². The molecule has 1 atom stereocenters. The number of benzene rings is 2. The Hall–Kier alpha value is -2.10. The van der Waals surface area contributed by atoms with Gasteiger partial charge in [0, 0.05) is 4.70 Å². The Labute approximate surface area is 131 Å². The molecule has 3 rings (SSSR count). The molecular weight excluding hydrogens is 319 g/mol. The minimum Gasteiger partial charge on any atom is -0.477 e. The Balaban J connectivity index is 1.76. The summed E-state index contributed by atoms with van der Waals surface area (Å²) < 4.78 is 18.4. The van der Waals surface area contributed by atoms with Crippen molar-refractivity contribution in [2.75, 3.05) is 0 Å². The number of para-hydroxylation sites is 1. The van der Waals surface area contributed by atoms with E-state index in [0.29, 0.717) is 16.8 Å². The van der Waals surface area contributed by atoms with Crippen LogP contribution in [0.1, 0.15) is 15.2 Å². The molecule has 22 heavy (non-hydrogen) atoms. The summed E-state index contributed by atoms with van der Waals surface area (Å²) in [5, 5.41) is 9.87. The van der Waals surface area contributed by atoms with Crippen LogP contribution in [0.2, 0.25) is 0 Å². The van der Waals surface area contributed by atoms with Gasteiger partial charge in [0.1, 0.15) is 10.6 Å². The van der Waals surface area contributed by atoms with Gasteiger partial charge in [-0.15, -0.1) is 11.3 Å². The number of carboxylic acids is 1. The average molecular weight is 332 g/mol. The SMILES string of the molecule is O=C(O)c1cc2cc(C[PH](=O)Oc3ccccc3)ccc2s1. The van der Waals surface area contributed by atoms with E-state index in [4.69, 9.17) is 9.63 Å². The molecule has 112 valence electrons. The first kappa shape index (κ1) is 14.8. The van der Waals surface area contributed by atoms with Crippen molar-refractivity contribution in [3.63, 3.8) is 0 Å². The predicted molar refractivity (Wildman–Crippen MR) is 88.6 cm³/mol. The van der Waals surface area contributed by atoms with Gasteiger partial charge >= 0.3 is 5.97 Å². The number of hydrogen-bond acceptors (Lipinski definition) is 4. The van der Waals surface area contributed by atoms with Crippen LogP contribution < -0.4 is 4.52 Å². The smallest absolute Gasteiger partial charge is 0.345 e. The van der Waals surface area contributed by atoms with Crippen molar-refractivity contribution >= 4 is 35.4 Å². The van der Waals surface area contributed by atoms with Gasteiger partial charge in [0.15, 0.2) is 0 Å². The van der Waals surface area contributed by atoms with Crippen LogP contribution >= 0.6 is 19.4 Å². The van der Waals surface area contributed by atoms with Crippen LogP contribution in [0.3, 0.4) is 0 Å². The van der Waals surface area contributed by atoms with E-state index in [1.54, 1.807) is 18.2 Å². The zero-order chi connectivity index (χ0) is 15.5. The molecule has 0 aliphatic carbocycles. The maximum absolute atomic E-state index is 12.1. The third kappa shape index (κ3) is 3.38. The number of aromatic carboxylic acids is 1. The highest BCUT2D eigenvalue weighted by Crippen LogP contribution is 2.33. The molecule has 6 heteroatoms. The molecule has 1 unspecified atom stereocenters. The molecule has 2 aromatic carbocycles. The van der Waals surface area contributed by atoms with E-state index in [9.17, 15) is 9.36 Å². The molecule has 0 bridgehead atoms. The first-order valence-electron chi connectivity index (χ1n) is 6.63. The Kier molecular flexibility index (Phi) is 4.27. The van der Waals surface area contributed by atoms with Gasteiger partial charge in [-0.1, -0.05) is 24.3 Å². The monoisotopic (exact) mass is 332 g/mol. The summed E-state index contributed by atoms with van der Waals surface area (Å²) in [6.07, 6.45) is 0.327. The molecule has 0 saturated heterocycles. The minimum absolute atomic E-state index is 0.306. The Bertz CT molecular complexity index is 842. The van der Waals surface area contributed by atoms with Crippen molar-refractivity contribution < 1.29 is 19.0 Å². The van der Waals surface area contributed by atoms with Crippen molar-refractivity contribution in [2.45, 2.75) is 6.16 Å². The van der Waals surface area contributed by atoms with Gasteiger partial charge in [0.25, 0.3) is 0 Å². The number of fused-ring (bicyclic) bond motifs is 1. The zero-order valence-corrected chi connectivity index (χ0v) is 13.3. The Morgan fingerprint density at radius 1 is 1.14 bits per heavy atom. The molecule has 0 amide bonds. The lowest BCUT2D eigenvalue weighted by Gasteiger charge is -2.06. The molecule has 0 fully saturated rings. The largest absolute Gasteiger partial charge is 0.477 e. The lowest BCUT2D eigenvalue weighted by molar-refractivity contribution is 0.0702. The fraction of sp³-hybridized carbons (Fsp3) is 0.0625. The second kappa shape index (κ2) is 6.34. The van der Waals surface area contributed by atoms with Crippen LogP contribution in [0.4, 0.5) is 0 Å². The van der Waals surface area contributed by atoms with E-state index >= 15 is 0 Å². The van der Waals surface area contributed by atoms with Crippen LogP contribution in [0, 0.1) is 0 Å². The van der Waals surface area contributed by atoms with Crippen molar-refractivity contribution in [1.82, 2.24) is 0 Å². The van der Waals surface area contributed by atoms with E-state index < -0.39 is 14.0 Å². The second-order valence-electron chi connectivity index (χ2n) is 4.75. The fourth-order valence-corrected chi connectivity index (χ4v) is 4.04. The molecular formula is C16H13O4PS. The first-order chi connectivity index (χ1) is 10.6. The van der Waals surface area contributed by atoms with Gasteiger partial charge in [0.2, 0.25) is 8.03 Å². The fourth-order valence-electron chi connectivity index (χ4n) is 2.13. The van der Waals surface area contributed by atoms with E-state index in [1.165, 1.54) is 11.3 Å². The molecule has 1 N–H and O–H groups in total. The quantitative estimate of drug-likeness (QED) is 0.691. The summed E-state index contributed by atoms with van der Waals surface area (Å²) in [5.74, 6) is -0.333. The zero-order valence-electron chi connectivity index (χ0n) is 11.5. The molecule has 0 aliphatic heterocycles. The molecule has 0 saturated carbocycles. The maximum Gasteiger partial charge on any atom is 0.345 e. The number of rotatable bonds is 5. The van der Waals surface area contributed by atoms with Crippen molar-refractivity contribution in [2.24, 2.45) is 0 Å². The van der Waals surface area contributed by atoms with Crippen LogP contribution in [-0.2, 0) is 10.7 Å². The highest BCUT2D eigenvalue weighted by atomic mass is 32.1. The second-order valence-corrected chi connectivity index (χ2v) is 7.14. The Morgan fingerprint density at radius 3 is 2.64 bits per heavy atom. The molecule has 1 aromatic heterocycles. The van der Waals surface area contributed by atoms with Gasteiger partial charge in [0.05, 0.1) is 6.16 Å². The van der Waals surface area contributed by atoms with E-state index in [-0.39, 0.29) is 0 Å². The predicted octanol–water partition coefficient (Wildman–Crippen LogP) is 4.65. The summed E-state index contributed by atoms with van der Waals surface area (Å²) in [5.41, 5.74) is 0.877. The maximum atomic E-state index is 12.1. The molecule has 3 aromatic rings. The molecule has 0 spiro atoms. The van der Waals surface area contributed by atoms with Crippen LogP contribution in [0.15, 0.2) is 54.6 Å². The summed E-state index contributed by atoms with van der Waals surface area (Å²) >= 11 is 1.23. The van der Waals surface area contributed by atoms with Crippen LogP contribution in [-0.4, -0.2) is 11.1 Å². The highest BCUT2D eigenvalue weighted by Gasteiger charge is 2.10. The number of thiophene rings is 1. The lowest BCUT2D eigenvalue weighted by atomic mass is 10.2. The van der Waals surface area contributed by atoms with Crippen LogP contribution in [0.5, 0.6) is 5.75 Å². The van der Waals surface area contributed by atoms with Gasteiger partial charge < -0.3 is 9.63 Å². The topological polar surface area (TPSA) is 63.6 Å². The van der Waals surface area contributed by atoms with Crippen molar-refractivity contribution in [3.05, 3.63) is 65.0 Å². The third-order valence-corrected chi connectivity index (χ3v) is 5.38. The van der Waals surface area contributed by atoms with Crippen LogP contribution in [0.25, 0.3) is 10.1 Å². The van der Waals surface area contributed by atoms with Crippen molar-refractivity contribution in [3.8, 4) is 5.75 Å². The summed E-state index contributed by atoms with van der Waals surface area (Å²) in [6.45, 7) is 0. The Morgan fingerprint density at radius 2 is 1.91 bits per heavy atom. The number of carboxylic acid groups (broad SMARTS) is 1. The highest BCUT2D eigenvalue weighted by molar-refractivity contribution is 7.38. The average Bonchev–Trinajstić information content (AvgIpc) is 2.91. The standard InChI is InChI=1S/C16H13O4PS/c17-16(18)15-9-12-8-11(6-7-14(12)22-15)10-21(19)20-13-4-2-1-3-5-13/h1-9,21H,10H2,(H,17,18). The molecule has 1 heterocycles. The molecule has 0 radical (unpaired) electrons. The van der Waals surface area contributed by atoms with Gasteiger partial charge in [-0.25, -0.2) is 4.79 Å². The minimum atomic E-state index is -2.23. The number of hydrogen-bond donors (Lipinski definition) is 1. The van der Waals surface area contributed by atoms with Gasteiger partial charge in [-0.2, -0.15) is 0 Å². The van der Waals surface area contributed by atoms with E-state index in [1.807, 2.05) is 36.4 Å². The van der Waals surface area contributed by atoms with E-state index in [2.05, 4.69) is 0 Å². The first-order valence-corrected chi connectivity index (χ1v) is 8.97. The number of carbonyl (C=O) groups is 1. The summed E-state index contributed by atoms with van der Waals surface area (Å²) in [6, 6.07) is 16.3. The van der Waals surface area contributed by atoms with E-state index in [0.717, 1.165) is 15.6 Å². The molecule has 0 aliphatic rings. The molecule has 4 nitrogen and oxygen atoms in total. The normalized spacial score (nSPS) is 12.2. The van der Waals surface area contributed by atoms with Gasteiger partial charge in [-0.3, -0.25) is 4.57 Å².